The molecule has 1 aliphatic rings. The number of aliphatic hydroxyl groups excluding tert-OH is 1. The van der Waals surface area contributed by atoms with Crippen LogP contribution in [0.15, 0.2) is 23.2 Å². The Morgan fingerprint density at radius 3 is 2.58 bits per heavy atom. The molecule has 12 heavy (non-hydrogen) atoms. The second-order valence-corrected chi connectivity index (χ2v) is 2.83. The Labute approximate surface area is 72.3 Å². The van der Waals surface area contributed by atoms with E-state index in [2.05, 4.69) is 0 Å². The molecule has 0 fully saturated rings. The summed E-state index contributed by atoms with van der Waals surface area (Å²) < 4.78 is 10.1. The summed E-state index contributed by atoms with van der Waals surface area (Å²) in [6.07, 6.45) is 1.83. The summed E-state index contributed by atoms with van der Waals surface area (Å²) in [6.45, 7) is 1.95. The van der Waals surface area contributed by atoms with Crippen LogP contribution in [0.4, 0.5) is 0 Å². The van der Waals surface area contributed by atoms with Crippen LogP contribution >= 0.6 is 0 Å². The third-order valence-electron chi connectivity index (χ3n) is 1.89. The van der Waals surface area contributed by atoms with Crippen molar-refractivity contribution in [3.05, 3.63) is 23.2 Å². The first-order chi connectivity index (χ1) is 5.69. The lowest BCUT2D eigenvalue weighted by atomic mass is 10.0. The van der Waals surface area contributed by atoms with E-state index in [0.717, 1.165) is 12.0 Å². The highest BCUT2D eigenvalue weighted by molar-refractivity contribution is 5.26. The fourth-order valence-corrected chi connectivity index (χ4v) is 1.32. The van der Waals surface area contributed by atoms with Crippen molar-refractivity contribution in [1.29, 1.82) is 0 Å². The zero-order chi connectivity index (χ0) is 9.14. The number of ether oxygens (including phenoxy) is 2. The number of methoxy groups -OCH3 is 2. The predicted molar refractivity (Wildman–Crippen MR) is 45.4 cm³/mol. The van der Waals surface area contributed by atoms with Gasteiger partial charge in [-0.3, -0.25) is 0 Å². The first-order valence-electron chi connectivity index (χ1n) is 3.85. The third-order valence-corrected chi connectivity index (χ3v) is 1.89. The molecule has 0 aromatic heterocycles. The van der Waals surface area contributed by atoms with E-state index in [-0.39, 0.29) is 0 Å². The maximum absolute atomic E-state index is 9.50. The van der Waals surface area contributed by atoms with Crippen LogP contribution in [0.2, 0.25) is 0 Å². The van der Waals surface area contributed by atoms with E-state index in [1.165, 1.54) is 7.11 Å². The molecule has 68 valence electrons. The predicted octanol–water partition coefficient (Wildman–Crippen LogP) is 1.20. The summed E-state index contributed by atoms with van der Waals surface area (Å²) in [5.74, 6) is 1.23. The van der Waals surface area contributed by atoms with Crippen LogP contribution in [0.1, 0.15) is 13.3 Å². The van der Waals surface area contributed by atoms with Crippen molar-refractivity contribution in [3.63, 3.8) is 0 Å². The molecule has 1 N–H and O–H groups in total. The highest BCUT2D eigenvalue weighted by Gasteiger charge is 2.20. The fraction of sp³-hybridized carbons (Fsp3) is 0.556. The van der Waals surface area contributed by atoms with Gasteiger partial charge in [0.1, 0.15) is 11.9 Å². The van der Waals surface area contributed by atoms with E-state index in [4.69, 9.17) is 9.47 Å². The molecule has 0 saturated carbocycles. The first kappa shape index (κ1) is 9.13. The van der Waals surface area contributed by atoms with Crippen LogP contribution in [0.3, 0.4) is 0 Å². The smallest absolute Gasteiger partial charge is 0.166 e. The average molecular weight is 170 g/mol. The van der Waals surface area contributed by atoms with Crippen molar-refractivity contribution >= 4 is 0 Å². The number of allylic oxidation sites excluding steroid dienone is 1. The van der Waals surface area contributed by atoms with Crippen LogP contribution in [0.5, 0.6) is 0 Å². The topological polar surface area (TPSA) is 38.7 Å². The van der Waals surface area contributed by atoms with Crippen molar-refractivity contribution in [3.8, 4) is 0 Å². The number of aliphatic hydroxyl groups is 1. The Morgan fingerprint density at radius 1 is 1.42 bits per heavy atom. The lowest BCUT2D eigenvalue weighted by molar-refractivity contribution is 0.128. The molecule has 0 aliphatic heterocycles. The van der Waals surface area contributed by atoms with Gasteiger partial charge in [0.2, 0.25) is 0 Å². The molecule has 0 radical (unpaired) electrons. The monoisotopic (exact) mass is 170 g/mol. The average Bonchev–Trinajstić information content (AvgIpc) is 2.03. The van der Waals surface area contributed by atoms with Gasteiger partial charge in [0.05, 0.1) is 14.2 Å². The van der Waals surface area contributed by atoms with Gasteiger partial charge >= 0.3 is 0 Å². The second kappa shape index (κ2) is 3.63. The summed E-state index contributed by atoms with van der Waals surface area (Å²) in [7, 11) is 3.12. The van der Waals surface area contributed by atoms with Gasteiger partial charge in [-0.25, -0.2) is 0 Å². The van der Waals surface area contributed by atoms with Crippen molar-refractivity contribution < 1.29 is 14.6 Å². The number of rotatable bonds is 2. The molecule has 0 aromatic rings. The van der Waals surface area contributed by atoms with Crippen molar-refractivity contribution in [2.45, 2.75) is 19.4 Å². The Morgan fingerprint density at radius 2 is 2.08 bits per heavy atom. The fourth-order valence-electron chi connectivity index (χ4n) is 1.32. The SMILES string of the molecule is COC1=C(OC)C(O)C=C(C)C1. The van der Waals surface area contributed by atoms with Gasteiger partial charge in [-0.1, -0.05) is 5.57 Å². The molecule has 0 amide bonds. The quantitative estimate of drug-likeness (QED) is 0.633. The van der Waals surface area contributed by atoms with Crippen LogP contribution in [0, 0.1) is 0 Å². The molecule has 1 rings (SSSR count). The lowest BCUT2D eigenvalue weighted by Gasteiger charge is -2.20. The Kier molecular flexibility index (Phi) is 2.76. The maximum atomic E-state index is 9.50. The molecule has 3 nitrogen and oxygen atoms in total. The Balaban J connectivity index is 2.88. The molecular formula is C9H14O3. The normalized spacial score (nSPS) is 23.7. The van der Waals surface area contributed by atoms with E-state index >= 15 is 0 Å². The highest BCUT2D eigenvalue weighted by Crippen LogP contribution is 2.25. The van der Waals surface area contributed by atoms with Crippen molar-refractivity contribution in [1.82, 2.24) is 0 Å². The van der Waals surface area contributed by atoms with Crippen LogP contribution in [-0.2, 0) is 9.47 Å². The van der Waals surface area contributed by atoms with E-state index in [9.17, 15) is 5.11 Å². The minimum atomic E-state index is -0.654. The van der Waals surface area contributed by atoms with Gasteiger partial charge in [0.25, 0.3) is 0 Å². The zero-order valence-corrected chi connectivity index (χ0v) is 7.63. The standard InChI is InChI=1S/C9H14O3/c1-6-4-7(10)9(12-3)8(5-6)11-2/h4,7,10H,5H2,1-3H3. The maximum Gasteiger partial charge on any atom is 0.166 e. The van der Waals surface area contributed by atoms with E-state index in [0.29, 0.717) is 11.5 Å². The van der Waals surface area contributed by atoms with Crippen molar-refractivity contribution in [2.24, 2.45) is 0 Å². The van der Waals surface area contributed by atoms with Crippen molar-refractivity contribution in [2.75, 3.05) is 14.2 Å². The van der Waals surface area contributed by atoms with Crippen LogP contribution in [-0.4, -0.2) is 25.4 Å². The minimum absolute atomic E-state index is 0.517. The number of hydrogen-bond donors (Lipinski definition) is 1. The molecule has 3 heteroatoms. The van der Waals surface area contributed by atoms with Crippen LogP contribution < -0.4 is 0 Å². The van der Waals surface area contributed by atoms with Gasteiger partial charge in [-0.05, 0) is 13.0 Å². The zero-order valence-electron chi connectivity index (χ0n) is 7.63. The molecule has 0 heterocycles. The molecular weight excluding hydrogens is 156 g/mol. The largest absolute Gasteiger partial charge is 0.497 e. The van der Waals surface area contributed by atoms with E-state index in [1.807, 2.05) is 6.92 Å². The molecule has 0 aromatic carbocycles. The first-order valence-corrected chi connectivity index (χ1v) is 3.85. The van der Waals surface area contributed by atoms with Gasteiger partial charge < -0.3 is 14.6 Å². The van der Waals surface area contributed by atoms with Crippen LogP contribution in [0.25, 0.3) is 0 Å². The molecule has 1 unspecified atom stereocenters. The second-order valence-electron chi connectivity index (χ2n) is 2.83. The highest BCUT2D eigenvalue weighted by atomic mass is 16.5. The molecule has 0 spiro atoms. The van der Waals surface area contributed by atoms with E-state index < -0.39 is 6.10 Å². The minimum Gasteiger partial charge on any atom is -0.497 e. The summed E-state index contributed by atoms with van der Waals surface area (Å²) in [4.78, 5) is 0. The molecule has 1 aliphatic carbocycles. The molecule has 0 bridgehead atoms. The van der Waals surface area contributed by atoms with Gasteiger partial charge in [0.15, 0.2) is 5.76 Å². The summed E-state index contributed by atoms with van der Waals surface area (Å²) in [5.41, 5.74) is 1.10. The molecule has 0 saturated heterocycles. The summed E-state index contributed by atoms with van der Waals surface area (Å²) in [5, 5.41) is 9.50. The summed E-state index contributed by atoms with van der Waals surface area (Å²) in [6, 6.07) is 0. The Hall–Kier alpha value is -0.960. The van der Waals surface area contributed by atoms with Gasteiger partial charge in [-0.15, -0.1) is 0 Å². The van der Waals surface area contributed by atoms with Gasteiger partial charge in [0, 0.05) is 6.42 Å². The number of hydrogen-bond acceptors (Lipinski definition) is 3. The molecule has 1 atom stereocenters. The lowest BCUT2D eigenvalue weighted by Crippen LogP contribution is -2.17. The summed E-state index contributed by atoms with van der Waals surface area (Å²) >= 11 is 0. The van der Waals surface area contributed by atoms with Gasteiger partial charge in [-0.2, -0.15) is 0 Å². The third kappa shape index (κ3) is 1.61. The Bertz CT molecular complexity index is 228. The van der Waals surface area contributed by atoms with E-state index in [1.54, 1.807) is 13.2 Å².